The fourth-order valence-electron chi connectivity index (χ4n) is 3.45. The van der Waals surface area contributed by atoms with Crippen LogP contribution in [0.3, 0.4) is 0 Å². The lowest BCUT2D eigenvalue weighted by Gasteiger charge is -2.21. The molecule has 1 aliphatic rings. The maximum absolute atomic E-state index is 5.86. The summed E-state index contributed by atoms with van der Waals surface area (Å²) in [6.45, 7) is 2.56. The molecule has 4 nitrogen and oxygen atoms in total. The Hall–Kier alpha value is -1.68. The van der Waals surface area contributed by atoms with Crippen molar-refractivity contribution in [3.63, 3.8) is 0 Å². The van der Waals surface area contributed by atoms with Gasteiger partial charge in [0.1, 0.15) is 0 Å². The first kappa shape index (κ1) is 15.2. The molecule has 1 aromatic heterocycles. The molecule has 1 aromatic carbocycles. The fourth-order valence-corrected chi connectivity index (χ4v) is 3.45. The Balaban J connectivity index is 1.79. The predicted molar refractivity (Wildman–Crippen MR) is 88.9 cm³/mol. The lowest BCUT2D eigenvalue weighted by molar-refractivity contribution is 0.337. The van der Waals surface area contributed by atoms with Crippen molar-refractivity contribution >= 4 is 0 Å². The number of rotatable bonds is 5. The molecule has 0 spiro atoms. The molecule has 0 atom stereocenters. The molecule has 0 saturated heterocycles. The average Bonchev–Trinajstić information content (AvgIpc) is 2.97. The van der Waals surface area contributed by atoms with E-state index in [1.54, 1.807) is 0 Å². The summed E-state index contributed by atoms with van der Waals surface area (Å²) in [5.74, 6) is 0.862. The van der Waals surface area contributed by atoms with E-state index in [1.165, 1.54) is 49.8 Å². The highest BCUT2D eigenvalue weighted by molar-refractivity contribution is 5.35. The minimum atomic E-state index is 0.464. The van der Waals surface area contributed by atoms with Gasteiger partial charge in [-0.2, -0.15) is 0 Å². The van der Waals surface area contributed by atoms with Crippen LogP contribution < -0.4 is 5.73 Å². The van der Waals surface area contributed by atoms with E-state index in [2.05, 4.69) is 41.5 Å². The second-order valence-corrected chi connectivity index (χ2v) is 6.48. The van der Waals surface area contributed by atoms with Crippen LogP contribution in [-0.4, -0.2) is 15.0 Å². The fraction of sp³-hybridized carbons (Fsp3) is 0.556. The summed E-state index contributed by atoms with van der Waals surface area (Å²) < 4.78 is 1.98. The Kier molecular flexibility index (Phi) is 4.88. The van der Waals surface area contributed by atoms with E-state index in [0.717, 1.165) is 23.7 Å². The highest BCUT2D eigenvalue weighted by atomic mass is 15.4. The van der Waals surface area contributed by atoms with Crippen LogP contribution in [0.4, 0.5) is 0 Å². The molecule has 0 bridgehead atoms. The Bertz CT molecular complexity index is 594. The molecular formula is C18H26N4. The molecule has 2 aromatic rings. The number of benzene rings is 1. The maximum Gasteiger partial charge on any atom is 0.0999 e. The van der Waals surface area contributed by atoms with E-state index in [9.17, 15) is 0 Å². The van der Waals surface area contributed by atoms with Crippen molar-refractivity contribution in [1.82, 2.24) is 15.0 Å². The molecule has 1 fully saturated rings. The molecule has 118 valence electrons. The number of nitrogens with two attached hydrogens (primary N) is 1. The van der Waals surface area contributed by atoms with Crippen LogP contribution >= 0.6 is 0 Å². The zero-order valence-electron chi connectivity index (χ0n) is 13.5. The summed E-state index contributed by atoms with van der Waals surface area (Å²) in [5.41, 5.74) is 10.3. The first-order chi connectivity index (χ1) is 10.8. The van der Waals surface area contributed by atoms with Crippen LogP contribution in [0.1, 0.15) is 55.5 Å². The molecule has 1 aliphatic carbocycles. The van der Waals surface area contributed by atoms with Crippen LogP contribution in [0, 0.1) is 12.8 Å². The predicted octanol–water partition coefficient (Wildman–Crippen LogP) is 3.55. The van der Waals surface area contributed by atoms with Crippen molar-refractivity contribution < 1.29 is 0 Å². The number of hydrogen-bond donors (Lipinski definition) is 1. The van der Waals surface area contributed by atoms with E-state index in [4.69, 9.17) is 5.73 Å². The lowest BCUT2D eigenvalue weighted by atomic mass is 9.85. The third kappa shape index (κ3) is 3.38. The van der Waals surface area contributed by atoms with Crippen molar-refractivity contribution in [1.29, 1.82) is 0 Å². The number of aryl methyl sites for hydroxylation is 1. The first-order valence-electron chi connectivity index (χ1n) is 8.48. The van der Waals surface area contributed by atoms with Gasteiger partial charge in [0, 0.05) is 6.54 Å². The van der Waals surface area contributed by atoms with Crippen molar-refractivity contribution in [2.75, 3.05) is 0 Å². The van der Waals surface area contributed by atoms with Crippen molar-refractivity contribution in [3.8, 4) is 5.69 Å². The van der Waals surface area contributed by atoms with Crippen LogP contribution in [0.2, 0.25) is 0 Å². The van der Waals surface area contributed by atoms with Gasteiger partial charge in [0.25, 0.3) is 0 Å². The Morgan fingerprint density at radius 1 is 1.14 bits per heavy atom. The summed E-state index contributed by atoms with van der Waals surface area (Å²) in [6, 6.07) is 8.44. The van der Waals surface area contributed by atoms with Gasteiger partial charge in [-0.25, -0.2) is 4.68 Å². The summed E-state index contributed by atoms with van der Waals surface area (Å²) in [7, 11) is 0. The standard InChI is InChI=1S/C18H26N4/c1-14-7-10-16(11-8-14)22-18(17(13-19)20-21-22)12-9-15-5-3-2-4-6-15/h7-8,10-11,15H,2-6,9,12-13,19H2,1H3. The molecule has 1 saturated carbocycles. The summed E-state index contributed by atoms with van der Waals surface area (Å²) in [5, 5.41) is 8.62. The number of nitrogens with zero attached hydrogens (tertiary/aromatic N) is 3. The molecule has 4 heteroatoms. The molecule has 22 heavy (non-hydrogen) atoms. The largest absolute Gasteiger partial charge is 0.325 e. The van der Waals surface area contributed by atoms with Crippen LogP contribution in [0.25, 0.3) is 5.69 Å². The monoisotopic (exact) mass is 298 g/mol. The molecule has 0 unspecified atom stereocenters. The lowest BCUT2D eigenvalue weighted by Crippen LogP contribution is -2.11. The van der Waals surface area contributed by atoms with Crippen molar-refractivity contribution in [2.45, 2.75) is 58.4 Å². The smallest absolute Gasteiger partial charge is 0.0999 e. The van der Waals surface area contributed by atoms with Gasteiger partial charge in [-0.15, -0.1) is 5.10 Å². The zero-order valence-corrected chi connectivity index (χ0v) is 13.5. The first-order valence-corrected chi connectivity index (χ1v) is 8.48. The van der Waals surface area contributed by atoms with Crippen LogP contribution in [0.15, 0.2) is 24.3 Å². The van der Waals surface area contributed by atoms with E-state index in [1.807, 2.05) is 4.68 Å². The molecule has 0 amide bonds. The highest BCUT2D eigenvalue weighted by Gasteiger charge is 2.17. The molecular weight excluding hydrogens is 272 g/mol. The van der Waals surface area contributed by atoms with Gasteiger partial charge in [0.05, 0.1) is 17.1 Å². The van der Waals surface area contributed by atoms with E-state index in [0.29, 0.717) is 6.54 Å². The van der Waals surface area contributed by atoms with Gasteiger partial charge in [0.2, 0.25) is 0 Å². The molecule has 1 heterocycles. The third-order valence-corrected chi connectivity index (χ3v) is 4.83. The van der Waals surface area contributed by atoms with E-state index < -0.39 is 0 Å². The number of hydrogen-bond acceptors (Lipinski definition) is 3. The second kappa shape index (κ2) is 7.05. The van der Waals surface area contributed by atoms with Crippen LogP contribution in [-0.2, 0) is 13.0 Å². The topological polar surface area (TPSA) is 56.7 Å². The van der Waals surface area contributed by atoms with Crippen molar-refractivity contribution in [3.05, 3.63) is 41.2 Å². The van der Waals surface area contributed by atoms with Crippen molar-refractivity contribution in [2.24, 2.45) is 11.7 Å². The molecule has 0 aliphatic heterocycles. The Morgan fingerprint density at radius 2 is 1.86 bits per heavy atom. The van der Waals surface area contributed by atoms with Gasteiger partial charge in [-0.05, 0) is 37.8 Å². The maximum atomic E-state index is 5.86. The Labute approximate surface area is 132 Å². The van der Waals surface area contributed by atoms with Gasteiger partial charge in [0.15, 0.2) is 0 Å². The molecule has 3 rings (SSSR count). The Morgan fingerprint density at radius 3 is 2.55 bits per heavy atom. The summed E-state index contributed by atoms with van der Waals surface area (Å²) in [4.78, 5) is 0. The van der Waals surface area contributed by atoms with Gasteiger partial charge < -0.3 is 5.73 Å². The van der Waals surface area contributed by atoms with E-state index >= 15 is 0 Å². The molecule has 0 radical (unpaired) electrons. The SMILES string of the molecule is Cc1ccc(-n2nnc(CN)c2CCC2CCCCC2)cc1. The van der Waals surface area contributed by atoms with Gasteiger partial charge in [-0.3, -0.25) is 0 Å². The summed E-state index contributed by atoms with van der Waals surface area (Å²) >= 11 is 0. The average molecular weight is 298 g/mol. The highest BCUT2D eigenvalue weighted by Crippen LogP contribution is 2.28. The molecule has 2 N–H and O–H groups in total. The second-order valence-electron chi connectivity index (χ2n) is 6.48. The quantitative estimate of drug-likeness (QED) is 0.918. The normalized spacial score (nSPS) is 16.1. The minimum absolute atomic E-state index is 0.464. The van der Waals surface area contributed by atoms with Crippen LogP contribution in [0.5, 0.6) is 0 Å². The van der Waals surface area contributed by atoms with Gasteiger partial charge in [-0.1, -0.05) is 55.0 Å². The third-order valence-electron chi connectivity index (χ3n) is 4.83. The zero-order chi connectivity index (χ0) is 15.4. The van der Waals surface area contributed by atoms with E-state index in [-0.39, 0.29) is 0 Å². The number of aromatic nitrogens is 3. The summed E-state index contributed by atoms with van der Waals surface area (Å²) in [6.07, 6.45) is 9.21. The minimum Gasteiger partial charge on any atom is -0.325 e. The van der Waals surface area contributed by atoms with Gasteiger partial charge >= 0.3 is 0 Å².